The number of nitrogens with zero attached hydrogens (tertiary/aromatic N) is 2. The molecule has 4 heteroatoms. The Hall–Kier alpha value is -2.10. The minimum Gasteiger partial charge on any atom is -0.346 e. The summed E-state index contributed by atoms with van der Waals surface area (Å²) in [5.41, 5.74) is 1.02. The Balaban J connectivity index is 1.85. The average molecular weight is 300 g/mol. The van der Waals surface area contributed by atoms with E-state index in [0.29, 0.717) is 13.1 Å². The summed E-state index contributed by atoms with van der Waals surface area (Å²) in [5, 5.41) is 0. The van der Waals surface area contributed by atoms with Crippen molar-refractivity contribution < 1.29 is 9.59 Å². The second kappa shape index (κ2) is 7.78. The fourth-order valence-electron chi connectivity index (χ4n) is 2.65. The first-order valence-electron chi connectivity index (χ1n) is 7.89. The van der Waals surface area contributed by atoms with Gasteiger partial charge in [-0.3, -0.25) is 9.59 Å². The van der Waals surface area contributed by atoms with E-state index in [-0.39, 0.29) is 17.7 Å². The van der Waals surface area contributed by atoms with Crippen molar-refractivity contribution >= 4 is 17.9 Å². The zero-order chi connectivity index (χ0) is 15.9. The highest BCUT2D eigenvalue weighted by atomic mass is 16.2. The average Bonchev–Trinajstić information content (AvgIpc) is 2.59. The van der Waals surface area contributed by atoms with Crippen LogP contribution in [0.2, 0.25) is 0 Å². The van der Waals surface area contributed by atoms with Gasteiger partial charge in [0.2, 0.25) is 11.8 Å². The molecule has 1 fully saturated rings. The van der Waals surface area contributed by atoms with Crippen molar-refractivity contribution in [2.24, 2.45) is 5.92 Å². The lowest BCUT2D eigenvalue weighted by Crippen LogP contribution is -2.43. The van der Waals surface area contributed by atoms with Gasteiger partial charge in [-0.25, -0.2) is 0 Å². The largest absolute Gasteiger partial charge is 0.346 e. The van der Waals surface area contributed by atoms with Crippen LogP contribution in [-0.2, 0) is 9.59 Å². The molecular formula is C18H24N2O2. The molecule has 0 aliphatic carbocycles. The third kappa shape index (κ3) is 4.20. The molecule has 0 unspecified atom stereocenters. The molecule has 0 aromatic heterocycles. The van der Waals surface area contributed by atoms with Crippen molar-refractivity contribution in [1.82, 2.24) is 9.80 Å². The summed E-state index contributed by atoms with van der Waals surface area (Å²) in [4.78, 5) is 27.9. The summed E-state index contributed by atoms with van der Waals surface area (Å²) in [7, 11) is 1.84. The lowest BCUT2D eigenvalue weighted by molar-refractivity contribution is -0.138. The smallest absolute Gasteiger partial charge is 0.246 e. The van der Waals surface area contributed by atoms with Gasteiger partial charge in [-0.05, 0) is 31.4 Å². The molecule has 1 saturated heterocycles. The molecule has 118 valence electrons. The van der Waals surface area contributed by atoms with Crippen LogP contribution in [0.5, 0.6) is 0 Å². The molecule has 0 radical (unpaired) electrons. The Morgan fingerprint density at radius 1 is 1.23 bits per heavy atom. The molecule has 0 bridgehead atoms. The first-order valence-corrected chi connectivity index (χ1v) is 7.89. The van der Waals surface area contributed by atoms with E-state index in [9.17, 15) is 9.59 Å². The maximum atomic E-state index is 12.2. The number of rotatable bonds is 4. The van der Waals surface area contributed by atoms with Crippen LogP contribution in [0.15, 0.2) is 36.4 Å². The molecule has 1 heterocycles. The summed E-state index contributed by atoms with van der Waals surface area (Å²) >= 11 is 0. The summed E-state index contributed by atoms with van der Waals surface area (Å²) in [5.74, 6) is 0.292. The first-order chi connectivity index (χ1) is 10.6. The molecular weight excluding hydrogens is 276 g/mol. The van der Waals surface area contributed by atoms with E-state index in [1.807, 2.05) is 55.3 Å². The highest BCUT2D eigenvalue weighted by molar-refractivity contribution is 5.92. The predicted molar refractivity (Wildman–Crippen MR) is 88.1 cm³/mol. The van der Waals surface area contributed by atoms with E-state index in [1.54, 1.807) is 11.0 Å². The van der Waals surface area contributed by atoms with Gasteiger partial charge in [0, 0.05) is 38.7 Å². The minimum absolute atomic E-state index is 0.0265. The molecule has 4 nitrogen and oxygen atoms in total. The second-order valence-electron chi connectivity index (χ2n) is 5.70. The van der Waals surface area contributed by atoms with E-state index in [2.05, 4.69) is 0 Å². The van der Waals surface area contributed by atoms with Crippen molar-refractivity contribution in [2.75, 3.05) is 26.7 Å². The summed E-state index contributed by atoms with van der Waals surface area (Å²) in [6.45, 7) is 4.03. The highest BCUT2D eigenvalue weighted by Crippen LogP contribution is 2.19. The van der Waals surface area contributed by atoms with E-state index >= 15 is 0 Å². The maximum Gasteiger partial charge on any atom is 0.246 e. The number of carbonyl (C=O) groups is 2. The quantitative estimate of drug-likeness (QED) is 0.801. The van der Waals surface area contributed by atoms with Gasteiger partial charge in [0.05, 0.1) is 0 Å². The van der Waals surface area contributed by atoms with Gasteiger partial charge in [0.1, 0.15) is 0 Å². The maximum absolute atomic E-state index is 12.2. The number of piperidine rings is 1. The van der Waals surface area contributed by atoms with Crippen LogP contribution in [0.1, 0.15) is 25.3 Å². The van der Waals surface area contributed by atoms with Gasteiger partial charge in [-0.2, -0.15) is 0 Å². The molecule has 2 rings (SSSR count). The fraction of sp³-hybridized carbons (Fsp3) is 0.444. The summed E-state index contributed by atoms with van der Waals surface area (Å²) < 4.78 is 0. The topological polar surface area (TPSA) is 40.6 Å². The van der Waals surface area contributed by atoms with Gasteiger partial charge >= 0.3 is 0 Å². The molecule has 0 spiro atoms. The lowest BCUT2D eigenvalue weighted by atomic mass is 9.95. The molecule has 1 aliphatic heterocycles. The monoisotopic (exact) mass is 300 g/mol. The fourth-order valence-corrected chi connectivity index (χ4v) is 2.65. The van der Waals surface area contributed by atoms with Crippen LogP contribution in [-0.4, -0.2) is 48.3 Å². The summed E-state index contributed by atoms with van der Waals surface area (Å²) in [6, 6.07) is 9.79. The Morgan fingerprint density at radius 2 is 1.86 bits per heavy atom. The van der Waals surface area contributed by atoms with Gasteiger partial charge in [0.15, 0.2) is 0 Å². The van der Waals surface area contributed by atoms with E-state index in [1.165, 1.54) is 0 Å². The van der Waals surface area contributed by atoms with Crippen molar-refractivity contribution in [1.29, 1.82) is 0 Å². The minimum atomic E-state index is 0.0265. The normalized spacial score (nSPS) is 16.0. The lowest BCUT2D eigenvalue weighted by Gasteiger charge is -2.32. The van der Waals surface area contributed by atoms with E-state index < -0.39 is 0 Å². The molecule has 1 aromatic rings. The molecule has 1 aliphatic rings. The standard InChI is InChI=1S/C18H24N2O2/c1-3-19(2)18(22)16-11-13-20(14-12-16)17(21)10-9-15-7-5-4-6-8-15/h4-10,16H,3,11-14H2,1-2H3/b10-9+. The number of hydrogen-bond acceptors (Lipinski definition) is 2. The predicted octanol–water partition coefficient (Wildman–Crippen LogP) is 2.42. The van der Waals surface area contributed by atoms with Crippen LogP contribution in [0.4, 0.5) is 0 Å². The number of likely N-dealkylation sites (tertiary alicyclic amines) is 1. The van der Waals surface area contributed by atoms with E-state index in [0.717, 1.165) is 24.9 Å². The number of benzene rings is 1. The summed E-state index contributed by atoms with van der Waals surface area (Å²) in [6.07, 6.45) is 4.97. The Labute approximate surface area is 132 Å². The molecule has 22 heavy (non-hydrogen) atoms. The van der Waals surface area contributed by atoms with Crippen molar-refractivity contribution in [2.45, 2.75) is 19.8 Å². The molecule has 1 aromatic carbocycles. The van der Waals surface area contributed by atoms with Gasteiger partial charge in [-0.1, -0.05) is 30.3 Å². The zero-order valence-electron chi connectivity index (χ0n) is 13.4. The van der Waals surface area contributed by atoms with Crippen LogP contribution in [0, 0.1) is 5.92 Å². The Bertz CT molecular complexity index is 531. The van der Waals surface area contributed by atoms with Crippen molar-refractivity contribution in [3.8, 4) is 0 Å². The Morgan fingerprint density at radius 3 is 2.45 bits per heavy atom. The SMILES string of the molecule is CCN(C)C(=O)C1CCN(C(=O)/C=C/c2ccccc2)CC1. The van der Waals surface area contributed by atoms with Crippen LogP contribution >= 0.6 is 0 Å². The number of hydrogen-bond donors (Lipinski definition) is 0. The van der Waals surface area contributed by atoms with Gasteiger partial charge in [-0.15, -0.1) is 0 Å². The number of amides is 2. The van der Waals surface area contributed by atoms with Crippen LogP contribution in [0.3, 0.4) is 0 Å². The first kappa shape index (κ1) is 16.3. The van der Waals surface area contributed by atoms with Crippen molar-refractivity contribution in [3.05, 3.63) is 42.0 Å². The third-order valence-corrected chi connectivity index (χ3v) is 4.22. The highest BCUT2D eigenvalue weighted by Gasteiger charge is 2.27. The second-order valence-corrected chi connectivity index (χ2v) is 5.70. The molecule has 0 N–H and O–H groups in total. The van der Waals surface area contributed by atoms with Gasteiger partial charge < -0.3 is 9.80 Å². The third-order valence-electron chi connectivity index (χ3n) is 4.22. The zero-order valence-corrected chi connectivity index (χ0v) is 13.4. The Kier molecular flexibility index (Phi) is 5.75. The van der Waals surface area contributed by atoms with Crippen molar-refractivity contribution in [3.63, 3.8) is 0 Å². The van der Waals surface area contributed by atoms with Crippen LogP contribution in [0.25, 0.3) is 6.08 Å². The van der Waals surface area contributed by atoms with Crippen LogP contribution < -0.4 is 0 Å². The van der Waals surface area contributed by atoms with Gasteiger partial charge in [0.25, 0.3) is 0 Å². The number of carbonyl (C=O) groups excluding carboxylic acids is 2. The van der Waals surface area contributed by atoms with E-state index in [4.69, 9.17) is 0 Å². The molecule has 0 atom stereocenters. The molecule has 0 saturated carbocycles. The molecule has 2 amide bonds.